The van der Waals surface area contributed by atoms with Crippen LogP contribution < -0.4 is 10.0 Å². The summed E-state index contributed by atoms with van der Waals surface area (Å²) >= 11 is 0. The van der Waals surface area contributed by atoms with Crippen molar-refractivity contribution in [1.82, 2.24) is 9.62 Å². The van der Waals surface area contributed by atoms with E-state index in [4.69, 9.17) is 5.11 Å². The summed E-state index contributed by atoms with van der Waals surface area (Å²) in [6, 6.07) is 10.0. The number of anilines is 1. The van der Waals surface area contributed by atoms with Crippen LogP contribution in [0.4, 0.5) is 18.9 Å². The van der Waals surface area contributed by atoms with E-state index in [0.717, 1.165) is 18.2 Å². The lowest BCUT2D eigenvalue weighted by Crippen LogP contribution is -2.46. The molecule has 32 heavy (non-hydrogen) atoms. The van der Waals surface area contributed by atoms with Gasteiger partial charge in [0.1, 0.15) is 0 Å². The van der Waals surface area contributed by atoms with E-state index in [2.05, 4.69) is 10.0 Å². The van der Waals surface area contributed by atoms with Gasteiger partial charge in [-0.25, -0.2) is 13.1 Å². The predicted molar refractivity (Wildman–Crippen MR) is 113 cm³/mol. The number of hydrogen-bond acceptors (Lipinski definition) is 5. The molecule has 0 radical (unpaired) electrons. The molecular formula is C21H24F3N3O4S. The molecule has 7 nitrogen and oxygen atoms in total. The van der Waals surface area contributed by atoms with Crippen LogP contribution in [-0.2, 0) is 16.2 Å². The fourth-order valence-corrected chi connectivity index (χ4v) is 4.86. The van der Waals surface area contributed by atoms with Crippen LogP contribution in [-0.4, -0.2) is 56.6 Å². The van der Waals surface area contributed by atoms with Crippen LogP contribution in [0.15, 0.2) is 53.4 Å². The molecule has 2 aromatic carbocycles. The summed E-state index contributed by atoms with van der Waals surface area (Å²) in [5, 5.41) is 12.0. The highest BCUT2D eigenvalue weighted by atomic mass is 32.2. The largest absolute Gasteiger partial charge is 0.416 e. The first-order chi connectivity index (χ1) is 15.1. The van der Waals surface area contributed by atoms with E-state index < -0.39 is 32.7 Å². The van der Waals surface area contributed by atoms with Gasteiger partial charge in [-0.15, -0.1) is 0 Å². The van der Waals surface area contributed by atoms with Gasteiger partial charge in [-0.3, -0.25) is 4.79 Å². The Kier molecular flexibility index (Phi) is 7.42. The molecule has 0 aromatic heterocycles. The number of para-hydroxylation sites is 1. The molecule has 0 spiro atoms. The summed E-state index contributed by atoms with van der Waals surface area (Å²) in [6.45, 7) is 0.801. The molecule has 0 aliphatic carbocycles. The summed E-state index contributed by atoms with van der Waals surface area (Å²) in [5.41, 5.74) is 0.0112. The van der Waals surface area contributed by atoms with Gasteiger partial charge >= 0.3 is 6.18 Å². The Balaban J connectivity index is 1.63. The molecule has 1 aliphatic heterocycles. The highest BCUT2D eigenvalue weighted by molar-refractivity contribution is 7.89. The smallest absolute Gasteiger partial charge is 0.395 e. The van der Waals surface area contributed by atoms with Gasteiger partial charge in [0.25, 0.3) is 5.91 Å². The van der Waals surface area contributed by atoms with Gasteiger partial charge in [0, 0.05) is 31.4 Å². The number of rotatable bonds is 7. The molecule has 1 saturated heterocycles. The van der Waals surface area contributed by atoms with Gasteiger partial charge in [-0.2, -0.15) is 13.2 Å². The molecule has 0 saturated carbocycles. The minimum absolute atomic E-state index is 0.0834. The lowest BCUT2D eigenvalue weighted by atomic mass is 10.0. The SMILES string of the molecule is O=C(c1ccccc1NCCO)N1CCC(NS(=O)(=O)c2cccc(C(F)(F)F)c2)CC1. The number of nitrogens with one attached hydrogen (secondary N) is 2. The van der Waals surface area contributed by atoms with Crippen molar-refractivity contribution in [2.45, 2.75) is 30.0 Å². The molecule has 3 N–H and O–H groups in total. The second kappa shape index (κ2) is 9.88. The average molecular weight is 472 g/mol. The molecule has 11 heteroatoms. The standard InChI is InChI=1S/C21H24F3N3O4S/c22-21(23,24)15-4-3-5-17(14-15)32(30,31)26-16-8-11-27(12-9-16)20(29)18-6-1-2-7-19(18)25-10-13-28/h1-7,14,16,25-26,28H,8-13H2. The number of likely N-dealkylation sites (tertiary alicyclic amines) is 1. The first-order valence-corrected chi connectivity index (χ1v) is 11.5. The minimum atomic E-state index is -4.64. The van der Waals surface area contributed by atoms with Crippen molar-refractivity contribution in [2.24, 2.45) is 0 Å². The summed E-state index contributed by atoms with van der Waals surface area (Å²) in [6.07, 6.45) is -3.98. The van der Waals surface area contributed by atoms with Crippen LogP contribution in [0.2, 0.25) is 0 Å². The van der Waals surface area contributed by atoms with Gasteiger partial charge in [0.05, 0.1) is 22.6 Å². The molecule has 1 heterocycles. The third kappa shape index (κ3) is 5.78. The number of nitrogens with zero attached hydrogens (tertiary/aromatic N) is 1. The Morgan fingerprint density at radius 3 is 2.44 bits per heavy atom. The number of alkyl halides is 3. The summed E-state index contributed by atoms with van der Waals surface area (Å²) in [5.74, 6) is -0.217. The lowest BCUT2D eigenvalue weighted by Gasteiger charge is -2.32. The maximum atomic E-state index is 12.9. The third-order valence-corrected chi connectivity index (χ3v) is 6.68. The Labute approximate surface area is 184 Å². The number of hydrogen-bond donors (Lipinski definition) is 3. The number of carbonyl (C=O) groups is 1. The van der Waals surface area contributed by atoms with Crippen molar-refractivity contribution in [3.63, 3.8) is 0 Å². The molecule has 174 valence electrons. The summed E-state index contributed by atoms with van der Waals surface area (Å²) in [4.78, 5) is 14.1. The van der Waals surface area contributed by atoms with Crippen LogP contribution in [0.5, 0.6) is 0 Å². The highest BCUT2D eigenvalue weighted by Gasteiger charge is 2.33. The van der Waals surface area contributed by atoms with Crippen LogP contribution >= 0.6 is 0 Å². The molecule has 0 unspecified atom stereocenters. The lowest BCUT2D eigenvalue weighted by molar-refractivity contribution is -0.137. The predicted octanol–water partition coefficient (Wildman–Crippen LogP) is 2.69. The van der Waals surface area contributed by atoms with E-state index in [1.807, 2.05) is 0 Å². The van der Waals surface area contributed by atoms with Crippen LogP contribution in [0, 0.1) is 0 Å². The first kappa shape index (κ1) is 24.0. The van der Waals surface area contributed by atoms with Crippen LogP contribution in [0.25, 0.3) is 0 Å². The maximum absolute atomic E-state index is 12.9. The van der Waals surface area contributed by atoms with Gasteiger partial charge in [0.2, 0.25) is 10.0 Å². The van der Waals surface area contributed by atoms with Crippen molar-refractivity contribution < 1.29 is 31.5 Å². The molecule has 1 amide bonds. The van der Waals surface area contributed by atoms with E-state index in [9.17, 15) is 26.4 Å². The van der Waals surface area contributed by atoms with Crippen molar-refractivity contribution in [1.29, 1.82) is 0 Å². The molecule has 2 aromatic rings. The monoisotopic (exact) mass is 471 g/mol. The van der Waals surface area contributed by atoms with Gasteiger partial charge in [-0.05, 0) is 43.2 Å². The molecule has 1 fully saturated rings. The zero-order valence-electron chi connectivity index (χ0n) is 17.1. The number of carbonyl (C=O) groups excluding carboxylic acids is 1. The van der Waals surface area contributed by atoms with Crippen molar-refractivity contribution in [2.75, 3.05) is 31.6 Å². The van der Waals surface area contributed by atoms with Crippen LogP contribution in [0.1, 0.15) is 28.8 Å². The van der Waals surface area contributed by atoms with Gasteiger partial charge in [-0.1, -0.05) is 18.2 Å². The number of piperidine rings is 1. The van der Waals surface area contributed by atoms with E-state index >= 15 is 0 Å². The topological polar surface area (TPSA) is 98.7 Å². The van der Waals surface area contributed by atoms with E-state index in [1.54, 1.807) is 29.2 Å². The zero-order valence-corrected chi connectivity index (χ0v) is 17.9. The van der Waals surface area contributed by atoms with Crippen molar-refractivity contribution >= 4 is 21.6 Å². The Hall–Kier alpha value is -2.63. The number of benzene rings is 2. The van der Waals surface area contributed by atoms with Gasteiger partial charge in [0.15, 0.2) is 0 Å². The quantitative estimate of drug-likeness (QED) is 0.577. The number of aliphatic hydroxyl groups is 1. The number of sulfonamides is 1. The Bertz CT molecular complexity index is 1050. The minimum Gasteiger partial charge on any atom is -0.395 e. The Morgan fingerprint density at radius 2 is 1.78 bits per heavy atom. The number of aliphatic hydroxyl groups excluding tert-OH is 1. The zero-order chi connectivity index (χ0) is 23.4. The third-order valence-electron chi connectivity index (χ3n) is 5.16. The van der Waals surface area contributed by atoms with E-state index in [0.29, 0.717) is 49.8 Å². The second-order valence-corrected chi connectivity index (χ2v) is 9.12. The Morgan fingerprint density at radius 1 is 1.09 bits per heavy atom. The van der Waals surface area contributed by atoms with E-state index in [-0.39, 0.29) is 12.5 Å². The number of halogens is 3. The first-order valence-electron chi connectivity index (χ1n) is 10.0. The fraction of sp³-hybridized carbons (Fsp3) is 0.381. The van der Waals surface area contributed by atoms with Crippen molar-refractivity contribution in [3.05, 3.63) is 59.7 Å². The summed E-state index contributed by atoms with van der Waals surface area (Å²) in [7, 11) is -4.14. The molecule has 3 rings (SSSR count). The van der Waals surface area contributed by atoms with Gasteiger partial charge < -0.3 is 15.3 Å². The molecule has 1 aliphatic rings. The maximum Gasteiger partial charge on any atom is 0.416 e. The fourth-order valence-electron chi connectivity index (χ4n) is 3.51. The van der Waals surface area contributed by atoms with Crippen molar-refractivity contribution in [3.8, 4) is 0 Å². The second-order valence-electron chi connectivity index (χ2n) is 7.41. The van der Waals surface area contributed by atoms with Crippen LogP contribution in [0.3, 0.4) is 0 Å². The van der Waals surface area contributed by atoms with E-state index in [1.165, 1.54) is 0 Å². The average Bonchev–Trinajstić information content (AvgIpc) is 2.77. The normalized spacial score (nSPS) is 15.6. The molecule has 0 bridgehead atoms. The number of amides is 1. The summed E-state index contributed by atoms with van der Waals surface area (Å²) < 4.78 is 66.3. The molecule has 0 atom stereocenters. The molecular weight excluding hydrogens is 447 g/mol. The highest BCUT2D eigenvalue weighted by Crippen LogP contribution is 2.30.